The Morgan fingerprint density at radius 1 is 1.35 bits per heavy atom. The summed E-state index contributed by atoms with van der Waals surface area (Å²) in [7, 11) is 1.59. The van der Waals surface area contributed by atoms with Crippen LogP contribution >= 0.6 is 0 Å². The highest BCUT2D eigenvalue weighted by Crippen LogP contribution is 2.17. The monoisotopic (exact) mass is 275 g/mol. The van der Waals surface area contributed by atoms with Gasteiger partial charge in [0.2, 0.25) is 5.91 Å². The largest absolute Gasteiger partial charge is 0.357 e. The molecular weight excluding hydrogens is 254 g/mol. The van der Waals surface area contributed by atoms with E-state index in [1.165, 1.54) is 0 Å². The number of benzene rings is 1. The fourth-order valence-corrected chi connectivity index (χ4v) is 2.49. The van der Waals surface area contributed by atoms with Gasteiger partial charge >= 0.3 is 0 Å². The van der Waals surface area contributed by atoms with Crippen molar-refractivity contribution in [2.45, 2.75) is 19.9 Å². The van der Waals surface area contributed by atoms with Crippen LogP contribution in [-0.4, -0.2) is 49.4 Å². The average molecular weight is 275 g/mol. The molecule has 0 radical (unpaired) electrons. The molecule has 2 rings (SSSR count). The number of hydrogen-bond acceptors (Lipinski definition) is 3. The predicted molar refractivity (Wildman–Crippen MR) is 77.7 cm³/mol. The Labute approximate surface area is 119 Å². The molecule has 108 valence electrons. The molecule has 1 aromatic carbocycles. The van der Waals surface area contributed by atoms with E-state index < -0.39 is 6.04 Å². The Bertz CT molecular complexity index is 528. The molecule has 1 saturated heterocycles. The Hall–Kier alpha value is -1.88. The van der Waals surface area contributed by atoms with Crippen molar-refractivity contribution in [1.82, 2.24) is 15.5 Å². The van der Waals surface area contributed by atoms with Crippen LogP contribution in [-0.2, 0) is 4.79 Å². The smallest absolute Gasteiger partial charge is 0.254 e. The topological polar surface area (TPSA) is 61.4 Å². The maximum atomic E-state index is 12.7. The summed E-state index contributed by atoms with van der Waals surface area (Å²) < 4.78 is 0. The van der Waals surface area contributed by atoms with Crippen molar-refractivity contribution in [3.8, 4) is 0 Å². The number of nitrogens with one attached hydrogen (secondary N) is 2. The highest BCUT2D eigenvalue weighted by Gasteiger charge is 2.32. The lowest BCUT2D eigenvalue weighted by Gasteiger charge is -2.35. The first kappa shape index (κ1) is 14.5. The van der Waals surface area contributed by atoms with Crippen LogP contribution in [0.3, 0.4) is 0 Å². The van der Waals surface area contributed by atoms with Crippen molar-refractivity contribution >= 4 is 11.8 Å². The number of hydrogen-bond donors (Lipinski definition) is 2. The molecule has 1 unspecified atom stereocenters. The van der Waals surface area contributed by atoms with E-state index in [9.17, 15) is 9.59 Å². The SMILES string of the molecule is CNC(=O)C1CNCCN1C(=O)c1cccc(C)c1C. The lowest BCUT2D eigenvalue weighted by molar-refractivity contribution is -0.125. The summed E-state index contributed by atoms with van der Waals surface area (Å²) >= 11 is 0. The third-order valence-electron chi connectivity index (χ3n) is 3.89. The maximum absolute atomic E-state index is 12.7. The van der Waals surface area contributed by atoms with Crippen molar-refractivity contribution in [3.05, 3.63) is 34.9 Å². The molecule has 5 nitrogen and oxygen atoms in total. The van der Waals surface area contributed by atoms with Crippen LogP contribution in [0.1, 0.15) is 21.5 Å². The van der Waals surface area contributed by atoms with Gasteiger partial charge in [0.15, 0.2) is 0 Å². The molecule has 2 N–H and O–H groups in total. The number of amides is 2. The molecule has 0 aliphatic carbocycles. The molecule has 0 spiro atoms. The molecule has 2 amide bonds. The van der Waals surface area contributed by atoms with Crippen molar-refractivity contribution in [1.29, 1.82) is 0 Å². The van der Waals surface area contributed by atoms with E-state index in [1.54, 1.807) is 11.9 Å². The van der Waals surface area contributed by atoms with Gasteiger partial charge in [-0.05, 0) is 31.0 Å². The summed E-state index contributed by atoms with van der Waals surface area (Å²) in [6.07, 6.45) is 0. The van der Waals surface area contributed by atoms with Gasteiger partial charge in [-0.2, -0.15) is 0 Å². The first-order valence-electron chi connectivity index (χ1n) is 6.85. The van der Waals surface area contributed by atoms with Crippen LogP contribution in [0.25, 0.3) is 0 Å². The maximum Gasteiger partial charge on any atom is 0.254 e. The summed E-state index contributed by atoms with van der Waals surface area (Å²) in [4.78, 5) is 26.3. The molecule has 1 aromatic rings. The Morgan fingerprint density at radius 3 is 2.80 bits per heavy atom. The van der Waals surface area contributed by atoms with Crippen LogP contribution in [0.4, 0.5) is 0 Å². The standard InChI is InChI=1S/C15H21N3O2/c1-10-5-4-6-12(11(10)2)15(20)18-8-7-17-9-13(18)14(19)16-3/h4-6,13,17H,7-9H2,1-3H3,(H,16,19). The number of rotatable bonds is 2. The average Bonchev–Trinajstić information content (AvgIpc) is 2.48. The number of aryl methyl sites for hydroxylation is 1. The highest BCUT2D eigenvalue weighted by molar-refractivity contribution is 5.99. The Morgan fingerprint density at radius 2 is 2.10 bits per heavy atom. The molecule has 1 aliphatic rings. The fraction of sp³-hybridized carbons (Fsp3) is 0.467. The second-order valence-corrected chi connectivity index (χ2v) is 5.08. The normalized spacial score (nSPS) is 18.8. The minimum atomic E-state index is -0.443. The number of carbonyl (C=O) groups excluding carboxylic acids is 2. The molecule has 0 aromatic heterocycles. The van der Waals surface area contributed by atoms with Gasteiger partial charge in [0, 0.05) is 32.2 Å². The van der Waals surface area contributed by atoms with Gasteiger partial charge in [-0.15, -0.1) is 0 Å². The van der Waals surface area contributed by atoms with Gasteiger partial charge in [0.25, 0.3) is 5.91 Å². The van der Waals surface area contributed by atoms with Crippen molar-refractivity contribution in [2.24, 2.45) is 0 Å². The van der Waals surface area contributed by atoms with Crippen molar-refractivity contribution < 1.29 is 9.59 Å². The van der Waals surface area contributed by atoms with Gasteiger partial charge in [0.1, 0.15) is 6.04 Å². The number of carbonyl (C=O) groups is 2. The molecule has 20 heavy (non-hydrogen) atoms. The van der Waals surface area contributed by atoms with Crippen LogP contribution in [0, 0.1) is 13.8 Å². The molecule has 1 atom stereocenters. The molecule has 0 bridgehead atoms. The predicted octanol–water partition coefficient (Wildman–Crippen LogP) is 0.463. The summed E-state index contributed by atoms with van der Waals surface area (Å²) in [5.41, 5.74) is 2.75. The molecular formula is C15H21N3O2. The van der Waals surface area contributed by atoms with E-state index in [1.807, 2.05) is 32.0 Å². The Kier molecular flexibility index (Phi) is 4.39. The minimum Gasteiger partial charge on any atom is -0.357 e. The van der Waals surface area contributed by atoms with Gasteiger partial charge < -0.3 is 15.5 Å². The third kappa shape index (κ3) is 2.67. The van der Waals surface area contributed by atoms with E-state index in [0.29, 0.717) is 25.2 Å². The lowest BCUT2D eigenvalue weighted by Crippen LogP contribution is -2.59. The zero-order chi connectivity index (χ0) is 14.7. The number of likely N-dealkylation sites (N-methyl/N-ethyl adjacent to an activating group) is 1. The van der Waals surface area contributed by atoms with E-state index in [0.717, 1.165) is 11.1 Å². The van der Waals surface area contributed by atoms with Crippen LogP contribution in [0.15, 0.2) is 18.2 Å². The zero-order valence-electron chi connectivity index (χ0n) is 12.2. The van der Waals surface area contributed by atoms with E-state index in [2.05, 4.69) is 10.6 Å². The second kappa shape index (κ2) is 6.05. The molecule has 5 heteroatoms. The minimum absolute atomic E-state index is 0.0682. The summed E-state index contributed by atoms with van der Waals surface area (Å²) in [5, 5.41) is 5.78. The van der Waals surface area contributed by atoms with Crippen LogP contribution in [0.5, 0.6) is 0 Å². The molecule has 1 heterocycles. The highest BCUT2D eigenvalue weighted by atomic mass is 16.2. The zero-order valence-corrected chi connectivity index (χ0v) is 12.2. The first-order chi connectivity index (χ1) is 9.56. The first-order valence-corrected chi connectivity index (χ1v) is 6.85. The van der Waals surface area contributed by atoms with Gasteiger partial charge in [-0.25, -0.2) is 0 Å². The van der Waals surface area contributed by atoms with Gasteiger partial charge in [-0.1, -0.05) is 12.1 Å². The van der Waals surface area contributed by atoms with E-state index in [-0.39, 0.29) is 11.8 Å². The number of nitrogens with zero attached hydrogens (tertiary/aromatic N) is 1. The number of piperazine rings is 1. The summed E-state index contributed by atoms with van der Waals surface area (Å²) in [6, 6.07) is 5.25. The van der Waals surface area contributed by atoms with E-state index in [4.69, 9.17) is 0 Å². The molecule has 1 aliphatic heterocycles. The second-order valence-electron chi connectivity index (χ2n) is 5.08. The van der Waals surface area contributed by atoms with Gasteiger partial charge in [-0.3, -0.25) is 9.59 Å². The third-order valence-corrected chi connectivity index (χ3v) is 3.89. The fourth-order valence-electron chi connectivity index (χ4n) is 2.49. The molecule has 0 saturated carbocycles. The van der Waals surface area contributed by atoms with Crippen LogP contribution < -0.4 is 10.6 Å². The van der Waals surface area contributed by atoms with Crippen LogP contribution in [0.2, 0.25) is 0 Å². The molecule has 1 fully saturated rings. The van der Waals surface area contributed by atoms with Gasteiger partial charge in [0.05, 0.1) is 0 Å². The van der Waals surface area contributed by atoms with Crippen molar-refractivity contribution in [3.63, 3.8) is 0 Å². The lowest BCUT2D eigenvalue weighted by atomic mass is 10.0. The Balaban J connectivity index is 2.30. The van der Waals surface area contributed by atoms with Crippen molar-refractivity contribution in [2.75, 3.05) is 26.7 Å². The quantitative estimate of drug-likeness (QED) is 0.824. The van der Waals surface area contributed by atoms with E-state index >= 15 is 0 Å². The summed E-state index contributed by atoms with van der Waals surface area (Å²) in [5.74, 6) is -0.197. The summed E-state index contributed by atoms with van der Waals surface area (Å²) in [6.45, 7) is 5.68.